The third-order valence-corrected chi connectivity index (χ3v) is 2.59. The molecule has 0 fully saturated rings. The van der Waals surface area contributed by atoms with Crippen LogP contribution in [0.15, 0.2) is 0 Å². The second kappa shape index (κ2) is 6.81. The van der Waals surface area contributed by atoms with Crippen molar-refractivity contribution in [3.05, 3.63) is 16.8 Å². The summed E-state index contributed by atoms with van der Waals surface area (Å²) in [6.07, 6.45) is 2.18. The van der Waals surface area contributed by atoms with Crippen LogP contribution in [0.3, 0.4) is 0 Å². The van der Waals surface area contributed by atoms with Crippen LogP contribution < -0.4 is 5.32 Å². The number of nitrogens with zero attached hydrogens (tertiary/aromatic N) is 3. The molecule has 0 aromatic carbocycles. The zero-order valence-corrected chi connectivity index (χ0v) is 10.3. The second-order valence-electron chi connectivity index (χ2n) is 3.67. The van der Waals surface area contributed by atoms with E-state index in [2.05, 4.69) is 21.6 Å². The van der Waals surface area contributed by atoms with Crippen LogP contribution in [-0.4, -0.2) is 28.5 Å². The fraction of sp³-hybridized carbons (Fsp3) is 0.583. The third kappa shape index (κ3) is 3.14. The molecule has 1 heterocycles. The first kappa shape index (κ1) is 13.4. The zero-order chi connectivity index (χ0) is 12.7. The van der Waals surface area contributed by atoms with Crippen molar-refractivity contribution in [2.45, 2.75) is 33.1 Å². The molecule has 0 unspecified atom stereocenters. The quantitative estimate of drug-likeness (QED) is 0.724. The van der Waals surface area contributed by atoms with Crippen LogP contribution in [0.4, 0.5) is 5.82 Å². The molecular weight excluding hydrogens is 216 g/mol. The Kier molecular flexibility index (Phi) is 5.37. The van der Waals surface area contributed by atoms with Crippen molar-refractivity contribution in [1.82, 2.24) is 10.2 Å². The summed E-state index contributed by atoms with van der Waals surface area (Å²) in [4.78, 5) is 0. The first-order valence-electron chi connectivity index (χ1n) is 5.91. The highest BCUT2D eigenvalue weighted by Crippen LogP contribution is 2.19. The maximum atomic E-state index is 9.20. The van der Waals surface area contributed by atoms with Gasteiger partial charge in [0.25, 0.3) is 0 Å². The Labute approximate surface area is 101 Å². The number of anilines is 1. The molecule has 0 saturated carbocycles. The van der Waals surface area contributed by atoms with E-state index in [1.54, 1.807) is 0 Å². The van der Waals surface area contributed by atoms with Crippen molar-refractivity contribution in [1.29, 1.82) is 5.26 Å². The van der Waals surface area contributed by atoms with Crippen molar-refractivity contribution in [2.24, 2.45) is 0 Å². The highest BCUT2D eigenvalue weighted by Gasteiger charge is 2.13. The lowest BCUT2D eigenvalue weighted by Gasteiger charge is -2.11. The molecule has 0 saturated heterocycles. The van der Waals surface area contributed by atoms with Gasteiger partial charge in [-0.2, -0.15) is 10.4 Å². The van der Waals surface area contributed by atoms with Crippen molar-refractivity contribution in [3.63, 3.8) is 0 Å². The second-order valence-corrected chi connectivity index (χ2v) is 3.67. The van der Waals surface area contributed by atoms with Crippen LogP contribution in [0, 0.1) is 11.3 Å². The first-order valence-corrected chi connectivity index (χ1v) is 5.91. The van der Waals surface area contributed by atoms with Crippen molar-refractivity contribution in [2.75, 3.05) is 18.5 Å². The number of aromatic nitrogens is 2. The van der Waals surface area contributed by atoms with Gasteiger partial charge in [0.15, 0.2) is 5.82 Å². The van der Waals surface area contributed by atoms with Crippen LogP contribution in [0.25, 0.3) is 0 Å². The summed E-state index contributed by atoms with van der Waals surface area (Å²) in [6.45, 7) is 4.72. The van der Waals surface area contributed by atoms with Gasteiger partial charge < -0.3 is 10.4 Å². The molecule has 0 amide bonds. The monoisotopic (exact) mass is 234 g/mol. The van der Waals surface area contributed by atoms with E-state index < -0.39 is 0 Å². The number of hydrogen-bond acceptors (Lipinski definition) is 5. The van der Waals surface area contributed by atoms with E-state index >= 15 is 0 Å². The van der Waals surface area contributed by atoms with Crippen LogP contribution in [0.1, 0.15) is 37.1 Å². The summed E-state index contributed by atoms with van der Waals surface area (Å²) in [6, 6.07) is 2.19. The first-order chi connectivity index (χ1) is 8.28. The average Bonchev–Trinajstić information content (AvgIpc) is 2.38. The van der Waals surface area contributed by atoms with E-state index in [0.717, 1.165) is 24.1 Å². The minimum atomic E-state index is 0.121. The topological polar surface area (TPSA) is 81.8 Å². The number of aliphatic hydroxyl groups is 1. The molecule has 5 nitrogen and oxygen atoms in total. The number of aliphatic hydroxyl groups excluding tert-OH is 1. The lowest BCUT2D eigenvalue weighted by atomic mass is 10.0. The third-order valence-electron chi connectivity index (χ3n) is 2.59. The SMILES string of the molecule is CCc1nnc(NCCCO)c(C#N)c1CC. The Balaban J connectivity index is 3.02. The molecule has 0 aliphatic rings. The highest BCUT2D eigenvalue weighted by atomic mass is 16.3. The smallest absolute Gasteiger partial charge is 0.166 e. The zero-order valence-electron chi connectivity index (χ0n) is 10.3. The summed E-state index contributed by atoms with van der Waals surface area (Å²) in [7, 11) is 0. The average molecular weight is 234 g/mol. The molecule has 0 spiro atoms. The summed E-state index contributed by atoms with van der Waals surface area (Å²) < 4.78 is 0. The van der Waals surface area contributed by atoms with Gasteiger partial charge in [0.1, 0.15) is 11.6 Å². The number of nitriles is 1. The molecule has 0 bridgehead atoms. The number of rotatable bonds is 6. The van der Waals surface area contributed by atoms with E-state index in [1.165, 1.54) is 0 Å². The van der Waals surface area contributed by atoms with Gasteiger partial charge in [-0.1, -0.05) is 13.8 Å². The van der Waals surface area contributed by atoms with E-state index in [0.29, 0.717) is 24.3 Å². The van der Waals surface area contributed by atoms with Crippen molar-refractivity contribution < 1.29 is 5.11 Å². The van der Waals surface area contributed by atoms with Crippen LogP contribution >= 0.6 is 0 Å². The molecule has 1 aromatic rings. The minimum Gasteiger partial charge on any atom is -0.396 e. The van der Waals surface area contributed by atoms with E-state index in [4.69, 9.17) is 5.11 Å². The largest absolute Gasteiger partial charge is 0.396 e. The maximum Gasteiger partial charge on any atom is 0.166 e. The van der Waals surface area contributed by atoms with Gasteiger partial charge in [0, 0.05) is 13.2 Å². The molecular formula is C12H18N4O. The molecule has 2 N–H and O–H groups in total. The Morgan fingerprint density at radius 1 is 1.29 bits per heavy atom. The molecule has 92 valence electrons. The van der Waals surface area contributed by atoms with Crippen LogP contribution in [-0.2, 0) is 12.8 Å². The highest BCUT2D eigenvalue weighted by molar-refractivity contribution is 5.56. The summed E-state index contributed by atoms with van der Waals surface area (Å²) in [5.41, 5.74) is 2.44. The normalized spacial score (nSPS) is 10.0. The maximum absolute atomic E-state index is 9.20. The predicted molar refractivity (Wildman–Crippen MR) is 65.7 cm³/mol. The predicted octanol–water partition coefficient (Wildman–Crippen LogP) is 1.27. The van der Waals surface area contributed by atoms with E-state index in [9.17, 15) is 5.26 Å². The van der Waals surface area contributed by atoms with E-state index in [1.807, 2.05) is 13.8 Å². The summed E-state index contributed by atoms with van der Waals surface area (Å²) in [5.74, 6) is 0.523. The van der Waals surface area contributed by atoms with Crippen LogP contribution in [0.5, 0.6) is 0 Å². The standard InChI is InChI=1S/C12H18N4O/c1-3-9-10(8-13)12(14-6-5-7-17)16-15-11(9)4-2/h17H,3-7H2,1-2H3,(H,14,16). The molecule has 1 aromatic heterocycles. The fourth-order valence-corrected chi connectivity index (χ4v) is 1.70. The van der Waals surface area contributed by atoms with Gasteiger partial charge >= 0.3 is 0 Å². The molecule has 5 heteroatoms. The summed E-state index contributed by atoms with van der Waals surface area (Å²) in [5, 5.41) is 29.1. The lowest BCUT2D eigenvalue weighted by molar-refractivity contribution is 0.292. The van der Waals surface area contributed by atoms with Gasteiger partial charge in [-0.3, -0.25) is 0 Å². The Morgan fingerprint density at radius 3 is 2.59 bits per heavy atom. The van der Waals surface area contributed by atoms with Gasteiger partial charge in [-0.05, 0) is 24.8 Å². The molecule has 17 heavy (non-hydrogen) atoms. The summed E-state index contributed by atoms with van der Waals surface area (Å²) >= 11 is 0. The number of nitrogens with one attached hydrogen (secondary N) is 1. The van der Waals surface area contributed by atoms with Crippen LogP contribution in [0.2, 0.25) is 0 Å². The van der Waals surface area contributed by atoms with E-state index in [-0.39, 0.29) is 6.61 Å². The van der Waals surface area contributed by atoms with Gasteiger partial charge in [0.05, 0.1) is 5.69 Å². The molecule has 0 atom stereocenters. The number of aryl methyl sites for hydroxylation is 1. The van der Waals surface area contributed by atoms with Gasteiger partial charge in [-0.25, -0.2) is 0 Å². The van der Waals surface area contributed by atoms with Gasteiger partial charge in [0.2, 0.25) is 0 Å². The Bertz CT molecular complexity index is 412. The molecule has 0 aliphatic heterocycles. The lowest BCUT2D eigenvalue weighted by Crippen LogP contribution is -2.11. The van der Waals surface area contributed by atoms with Gasteiger partial charge in [-0.15, -0.1) is 5.10 Å². The molecule has 0 radical (unpaired) electrons. The Hall–Kier alpha value is -1.67. The minimum absolute atomic E-state index is 0.121. The Morgan fingerprint density at radius 2 is 2.06 bits per heavy atom. The van der Waals surface area contributed by atoms with Crippen molar-refractivity contribution in [3.8, 4) is 6.07 Å². The molecule has 0 aliphatic carbocycles. The molecule has 1 rings (SSSR count). The number of hydrogen-bond donors (Lipinski definition) is 2. The van der Waals surface area contributed by atoms with Crippen molar-refractivity contribution >= 4 is 5.82 Å². The fourth-order valence-electron chi connectivity index (χ4n) is 1.70.